The number of fused-ring (bicyclic) bond motifs is 12. The van der Waals surface area contributed by atoms with Crippen LogP contribution >= 0.6 is 11.3 Å². The summed E-state index contributed by atoms with van der Waals surface area (Å²) >= 11 is 1.88. The Morgan fingerprint density at radius 1 is 0.355 bits per heavy atom. The third kappa shape index (κ3) is 5.09. The molecule has 10 aromatic carbocycles. The second-order valence-corrected chi connectivity index (χ2v) is 17.5. The van der Waals surface area contributed by atoms with Crippen LogP contribution in [0.4, 0.5) is 0 Å². The van der Waals surface area contributed by atoms with Crippen molar-refractivity contribution in [3.63, 3.8) is 0 Å². The van der Waals surface area contributed by atoms with Gasteiger partial charge in [0.25, 0.3) is 0 Å². The molecule has 0 radical (unpaired) electrons. The molecule has 0 aliphatic heterocycles. The summed E-state index contributed by atoms with van der Waals surface area (Å²) in [5.74, 6) is 0. The van der Waals surface area contributed by atoms with Crippen molar-refractivity contribution in [3.8, 4) is 44.6 Å². The van der Waals surface area contributed by atoms with Gasteiger partial charge < -0.3 is 0 Å². The van der Waals surface area contributed by atoms with Crippen molar-refractivity contribution in [1.82, 2.24) is 9.97 Å². The monoisotopic (exact) mass is 804 g/mol. The molecule has 1 aliphatic rings. The van der Waals surface area contributed by atoms with E-state index in [1.165, 1.54) is 86.6 Å². The van der Waals surface area contributed by atoms with E-state index < -0.39 is 5.41 Å². The Morgan fingerprint density at radius 3 is 1.60 bits per heavy atom. The van der Waals surface area contributed by atoms with Crippen molar-refractivity contribution in [2.24, 2.45) is 0 Å². The molecule has 2 aromatic heterocycles. The smallest absolute Gasteiger partial charge is 0.0979 e. The highest BCUT2D eigenvalue weighted by atomic mass is 32.1. The summed E-state index contributed by atoms with van der Waals surface area (Å²) in [4.78, 5) is 10.6. The molecule has 0 bridgehead atoms. The lowest BCUT2D eigenvalue weighted by atomic mass is 9.67. The Kier molecular flexibility index (Phi) is 7.72. The van der Waals surface area contributed by atoms with E-state index in [9.17, 15) is 0 Å². The molecule has 0 N–H and O–H groups in total. The predicted octanol–water partition coefficient (Wildman–Crippen LogP) is 15.7. The van der Waals surface area contributed by atoms with Gasteiger partial charge in [0.15, 0.2) is 0 Å². The molecular formula is C59H36N2S. The molecule has 2 heterocycles. The average Bonchev–Trinajstić information content (AvgIpc) is 3.88. The molecule has 0 saturated heterocycles. The van der Waals surface area contributed by atoms with Crippen LogP contribution in [0.25, 0.3) is 97.4 Å². The zero-order chi connectivity index (χ0) is 40.8. The van der Waals surface area contributed by atoms with E-state index in [-0.39, 0.29) is 0 Å². The predicted molar refractivity (Wildman–Crippen MR) is 261 cm³/mol. The minimum atomic E-state index is -0.591. The molecule has 0 spiro atoms. The van der Waals surface area contributed by atoms with Crippen LogP contribution in [0, 0.1) is 0 Å². The molecule has 3 heteroatoms. The van der Waals surface area contributed by atoms with Gasteiger partial charge in [-0.3, -0.25) is 4.98 Å². The molecule has 0 saturated carbocycles. The average molecular weight is 805 g/mol. The summed E-state index contributed by atoms with van der Waals surface area (Å²) in [5, 5.41) is 7.26. The van der Waals surface area contributed by atoms with Crippen molar-refractivity contribution in [2.45, 2.75) is 5.41 Å². The minimum Gasteiger partial charge on any atom is -0.252 e. The van der Waals surface area contributed by atoms with Crippen LogP contribution in [0.3, 0.4) is 0 Å². The van der Waals surface area contributed by atoms with Gasteiger partial charge in [0.1, 0.15) is 0 Å². The lowest BCUT2D eigenvalue weighted by Gasteiger charge is -2.34. The number of benzene rings is 10. The highest BCUT2D eigenvalue weighted by Gasteiger charge is 2.46. The molecule has 0 fully saturated rings. The van der Waals surface area contributed by atoms with Crippen molar-refractivity contribution >= 4 is 64.1 Å². The van der Waals surface area contributed by atoms with Gasteiger partial charge in [-0.05, 0) is 90.7 Å². The standard InChI is InChI=1S/C59H36N2S/c1-3-17-41(18-4-1)59(42-19-5-2-6-20-42)52-34-38(37-15-13-16-39(33-37)43-26-14-27-51-48-23-11-12-28-55(48)62-58(43)51)29-31-46(52)47-32-30-40(35-53(47)59)54-36-60-56-49-24-9-7-21-44(49)45-22-8-10-25-50(45)57(56)61-54/h1-36H. The molecule has 0 amide bonds. The van der Waals surface area contributed by atoms with Crippen molar-refractivity contribution in [2.75, 3.05) is 0 Å². The summed E-state index contributed by atoms with van der Waals surface area (Å²) in [7, 11) is 0. The van der Waals surface area contributed by atoms with Crippen LogP contribution in [-0.2, 0) is 5.41 Å². The van der Waals surface area contributed by atoms with Crippen molar-refractivity contribution in [1.29, 1.82) is 0 Å². The molecule has 12 aromatic rings. The van der Waals surface area contributed by atoms with Crippen molar-refractivity contribution in [3.05, 3.63) is 241 Å². The van der Waals surface area contributed by atoms with Crippen LogP contribution in [0.5, 0.6) is 0 Å². The van der Waals surface area contributed by atoms with Gasteiger partial charge in [0.2, 0.25) is 0 Å². The largest absolute Gasteiger partial charge is 0.252 e. The SMILES string of the molecule is c1ccc(C2(c3ccccc3)c3cc(-c4cccc(-c5cccc6c5sc5ccccc56)c4)ccc3-c3ccc(-c4cnc5c6ccccc6c6ccccc6c5n4)cc32)cc1. The zero-order valence-corrected chi connectivity index (χ0v) is 34.4. The maximum Gasteiger partial charge on any atom is 0.0979 e. The second kappa shape index (κ2) is 13.7. The van der Waals surface area contributed by atoms with Gasteiger partial charge >= 0.3 is 0 Å². The third-order valence-corrected chi connectivity index (χ3v) is 14.4. The lowest BCUT2D eigenvalue weighted by molar-refractivity contribution is 0.769. The van der Waals surface area contributed by atoms with Gasteiger partial charge in [-0.15, -0.1) is 11.3 Å². The first-order valence-electron chi connectivity index (χ1n) is 21.2. The molecular weight excluding hydrogens is 769 g/mol. The summed E-state index contributed by atoms with van der Waals surface area (Å²) in [6, 6.07) is 77.9. The third-order valence-electron chi connectivity index (χ3n) is 13.2. The van der Waals surface area contributed by atoms with E-state index in [1.54, 1.807) is 0 Å². The molecule has 62 heavy (non-hydrogen) atoms. The minimum absolute atomic E-state index is 0.591. The molecule has 2 nitrogen and oxygen atoms in total. The Bertz CT molecular complexity index is 3680. The fourth-order valence-corrected chi connectivity index (χ4v) is 11.7. The van der Waals surface area contributed by atoms with E-state index in [0.717, 1.165) is 33.1 Å². The van der Waals surface area contributed by atoms with E-state index in [4.69, 9.17) is 9.97 Å². The quantitative estimate of drug-likeness (QED) is 0.162. The lowest BCUT2D eigenvalue weighted by Crippen LogP contribution is -2.28. The topological polar surface area (TPSA) is 25.8 Å². The first kappa shape index (κ1) is 35.1. The fourth-order valence-electron chi connectivity index (χ4n) is 10.4. The van der Waals surface area contributed by atoms with Crippen molar-refractivity contribution < 1.29 is 0 Å². The number of thiophene rings is 1. The van der Waals surface area contributed by atoms with E-state index in [1.807, 2.05) is 17.5 Å². The maximum atomic E-state index is 5.45. The summed E-state index contributed by atoms with van der Waals surface area (Å²) in [6.07, 6.45) is 1.96. The number of aromatic nitrogens is 2. The first-order valence-corrected chi connectivity index (χ1v) is 22.0. The van der Waals surface area contributed by atoms with Gasteiger partial charge in [-0.2, -0.15) is 0 Å². The Balaban J connectivity index is 1.01. The van der Waals surface area contributed by atoms with E-state index >= 15 is 0 Å². The van der Waals surface area contributed by atoms with Gasteiger partial charge in [-0.1, -0.05) is 188 Å². The highest BCUT2D eigenvalue weighted by Crippen LogP contribution is 2.57. The zero-order valence-electron chi connectivity index (χ0n) is 33.6. The highest BCUT2D eigenvalue weighted by molar-refractivity contribution is 7.26. The fraction of sp³-hybridized carbons (Fsp3) is 0.0169. The van der Waals surface area contributed by atoms with E-state index in [2.05, 4.69) is 212 Å². The maximum absolute atomic E-state index is 5.45. The Hall–Kier alpha value is -7.72. The summed E-state index contributed by atoms with van der Waals surface area (Å²) in [6.45, 7) is 0. The van der Waals surface area contributed by atoms with Gasteiger partial charge in [-0.25, -0.2) is 4.98 Å². The Morgan fingerprint density at radius 2 is 0.887 bits per heavy atom. The molecule has 1 aliphatic carbocycles. The van der Waals surface area contributed by atoms with Gasteiger partial charge in [0, 0.05) is 36.5 Å². The first-order chi connectivity index (χ1) is 30.7. The molecule has 13 rings (SSSR count). The normalized spacial score (nSPS) is 13.0. The molecule has 288 valence electrons. The van der Waals surface area contributed by atoms with Crippen LogP contribution in [0.15, 0.2) is 219 Å². The Labute approximate surface area is 363 Å². The number of hydrogen-bond acceptors (Lipinski definition) is 3. The molecule has 0 atom stereocenters. The van der Waals surface area contributed by atoms with E-state index in [0.29, 0.717) is 0 Å². The number of hydrogen-bond donors (Lipinski definition) is 0. The van der Waals surface area contributed by atoms with Gasteiger partial charge in [0.05, 0.1) is 28.3 Å². The summed E-state index contributed by atoms with van der Waals surface area (Å²) in [5.41, 5.74) is 15.5. The number of nitrogens with zero attached hydrogens (tertiary/aromatic N) is 2. The number of rotatable bonds is 5. The van der Waals surface area contributed by atoms with Crippen LogP contribution in [0.2, 0.25) is 0 Å². The second-order valence-electron chi connectivity index (χ2n) is 16.4. The summed E-state index contributed by atoms with van der Waals surface area (Å²) < 4.78 is 2.65. The van der Waals surface area contributed by atoms with Crippen LogP contribution in [-0.4, -0.2) is 9.97 Å². The van der Waals surface area contributed by atoms with Crippen LogP contribution < -0.4 is 0 Å². The molecule has 0 unspecified atom stereocenters. The van der Waals surface area contributed by atoms with Crippen LogP contribution in [0.1, 0.15) is 22.3 Å².